The lowest BCUT2D eigenvalue weighted by Gasteiger charge is -2.18. The van der Waals surface area contributed by atoms with Gasteiger partial charge in [0.1, 0.15) is 18.7 Å². The van der Waals surface area contributed by atoms with Crippen LogP contribution in [-0.2, 0) is 14.2 Å². The highest BCUT2D eigenvalue weighted by Crippen LogP contribution is 2.24. The minimum atomic E-state index is -3.72. The third-order valence-corrected chi connectivity index (χ3v) is 3.63. The second-order valence-corrected chi connectivity index (χ2v) is 5.80. The van der Waals surface area contributed by atoms with Gasteiger partial charge in [-0.25, -0.2) is 9.59 Å². The van der Waals surface area contributed by atoms with E-state index in [1.165, 1.54) is 48.5 Å². The van der Waals surface area contributed by atoms with E-state index in [2.05, 4.69) is 4.74 Å². The van der Waals surface area contributed by atoms with E-state index in [1.54, 1.807) is 13.8 Å². The number of hydrogen-bond donors (Lipinski definition) is 1. The topological polar surface area (TPSA) is 82.1 Å². The summed E-state index contributed by atoms with van der Waals surface area (Å²) in [6.07, 6.45) is -14.8. The number of aliphatic hydroxyl groups is 1. The molecule has 1 heterocycles. The number of hydrogen-bond acceptors (Lipinski definition) is 6. The van der Waals surface area contributed by atoms with Crippen molar-refractivity contribution in [1.82, 2.24) is 0 Å². The van der Waals surface area contributed by atoms with Crippen molar-refractivity contribution in [3.8, 4) is 0 Å². The van der Waals surface area contributed by atoms with Gasteiger partial charge in [-0.2, -0.15) is 0 Å². The standard InChI is InChI=1S/C21H22O6/c1-13-3-7-15(8-4-13)20(23)25-12-18-17(11-19(22)26-18)27-21(24)16-9-5-14(2)6-10-16/h3-10,17-19,22H,11-12H2,1-2H3/t17-,18+,19?/m0/s1/i11D2,12D2,17D,18D,19D. The van der Waals surface area contributed by atoms with E-state index in [0.717, 1.165) is 11.1 Å². The van der Waals surface area contributed by atoms with E-state index in [9.17, 15) is 14.7 Å². The summed E-state index contributed by atoms with van der Waals surface area (Å²) >= 11 is 0. The fourth-order valence-corrected chi connectivity index (χ4v) is 2.14. The summed E-state index contributed by atoms with van der Waals surface area (Å²) in [6.45, 7) is -0.201. The summed E-state index contributed by atoms with van der Waals surface area (Å²) in [4.78, 5) is 25.2. The van der Waals surface area contributed by atoms with E-state index in [1.807, 2.05) is 0 Å². The number of ether oxygens (including phenoxy) is 3. The molecular formula is C21H22O6. The summed E-state index contributed by atoms with van der Waals surface area (Å²) in [5, 5.41) is 10.2. The van der Waals surface area contributed by atoms with Gasteiger partial charge in [0, 0.05) is 9.11 Å². The van der Waals surface area contributed by atoms with Crippen molar-refractivity contribution < 1.29 is 38.5 Å². The zero-order chi connectivity index (χ0) is 25.7. The Balaban J connectivity index is 2.02. The third kappa shape index (κ3) is 4.93. The van der Waals surface area contributed by atoms with Crippen molar-refractivity contribution in [2.24, 2.45) is 0 Å². The Morgan fingerprint density at radius 2 is 1.63 bits per heavy atom. The van der Waals surface area contributed by atoms with Crippen molar-refractivity contribution in [3.63, 3.8) is 0 Å². The van der Waals surface area contributed by atoms with Gasteiger partial charge in [-0.15, -0.1) is 0 Å². The van der Waals surface area contributed by atoms with Crippen LogP contribution in [-0.4, -0.2) is 42.0 Å². The molecule has 0 amide bonds. The van der Waals surface area contributed by atoms with Gasteiger partial charge < -0.3 is 19.3 Å². The number of esters is 2. The predicted molar refractivity (Wildman–Crippen MR) is 97.3 cm³/mol. The van der Waals surface area contributed by atoms with E-state index < -0.39 is 43.3 Å². The lowest BCUT2D eigenvalue weighted by molar-refractivity contribution is -0.110. The second kappa shape index (κ2) is 8.33. The first-order chi connectivity index (χ1) is 15.5. The molecule has 2 aromatic carbocycles. The number of benzene rings is 2. The van der Waals surface area contributed by atoms with Crippen molar-refractivity contribution in [2.45, 2.75) is 38.6 Å². The molecule has 1 unspecified atom stereocenters. The molecular weight excluding hydrogens is 348 g/mol. The molecule has 0 aromatic heterocycles. The van der Waals surface area contributed by atoms with Gasteiger partial charge in [0.15, 0.2) is 6.27 Å². The number of carbonyl (C=O) groups excluding carboxylic acids is 2. The molecule has 1 aliphatic heterocycles. The molecule has 0 spiro atoms. The van der Waals surface area contributed by atoms with Crippen LogP contribution in [0.2, 0.25) is 0 Å². The predicted octanol–water partition coefficient (Wildman–Crippen LogP) is 2.79. The summed E-state index contributed by atoms with van der Waals surface area (Å²) < 4.78 is 71.5. The molecule has 6 heteroatoms. The van der Waals surface area contributed by atoms with Crippen molar-refractivity contribution in [1.29, 1.82) is 0 Å². The monoisotopic (exact) mass is 377 g/mol. The van der Waals surface area contributed by atoms with Gasteiger partial charge in [0.2, 0.25) is 0 Å². The highest BCUT2D eigenvalue weighted by molar-refractivity contribution is 5.90. The molecule has 3 rings (SSSR count). The molecule has 1 N–H and O–H groups in total. The minimum Gasteiger partial charge on any atom is -0.459 e. The fraction of sp³-hybridized carbons (Fsp3) is 0.333. The first-order valence-corrected chi connectivity index (χ1v) is 8.00. The first-order valence-electron chi connectivity index (χ1n) is 11.5. The average molecular weight is 377 g/mol. The number of aryl methyl sites for hydroxylation is 2. The van der Waals surface area contributed by atoms with Crippen LogP contribution < -0.4 is 0 Å². The quantitative estimate of drug-likeness (QED) is 0.807. The van der Waals surface area contributed by atoms with Crippen LogP contribution >= 0.6 is 0 Å². The molecule has 6 nitrogen and oxygen atoms in total. The lowest BCUT2D eigenvalue weighted by atomic mass is 10.1. The maximum absolute atomic E-state index is 12.7. The Kier molecular flexibility index (Phi) is 3.67. The van der Waals surface area contributed by atoms with Crippen LogP contribution in [0.5, 0.6) is 0 Å². The SMILES string of the molecule is [2H]C1(O)O[C@]([2H])(C([2H])([2H])OC(=O)c2ccc(C)cc2)[C@@]([2H])(OC(=O)c2ccc(C)cc2)C1([2H])[2H]. The first kappa shape index (κ1) is 11.9. The van der Waals surface area contributed by atoms with E-state index in [4.69, 9.17) is 19.1 Å². The van der Waals surface area contributed by atoms with Gasteiger partial charge in [0.05, 0.1) is 18.0 Å². The van der Waals surface area contributed by atoms with E-state index in [-0.39, 0.29) is 11.1 Å². The fourth-order valence-electron chi connectivity index (χ4n) is 2.14. The van der Waals surface area contributed by atoms with Crippen LogP contribution in [0, 0.1) is 13.8 Å². The van der Waals surface area contributed by atoms with E-state index in [0.29, 0.717) is 0 Å². The number of rotatable bonds is 5. The van der Waals surface area contributed by atoms with Crippen LogP contribution in [0.15, 0.2) is 48.5 Å². The van der Waals surface area contributed by atoms with Gasteiger partial charge in [-0.05, 0) is 38.1 Å². The third-order valence-electron chi connectivity index (χ3n) is 3.63. The highest BCUT2D eigenvalue weighted by Gasteiger charge is 2.38. The van der Waals surface area contributed by atoms with E-state index >= 15 is 0 Å². The molecule has 1 aliphatic rings. The maximum atomic E-state index is 12.7. The maximum Gasteiger partial charge on any atom is 0.338 e. The molecule has 0 radical (unpaired) electrons. The number of carbonyl (C=O) groups is 2. The Hall–Kier alpha value is -2.70. The molecule has 0 saturated carbocycles. The van der Waals surface area contributed by atoms with Gasteiger partial charge in [-0.1, -0.05) is 35.4 Å². The molecule has 142 valence electrons. The molecule has 1 saturated heterocycles. The van der Waals surface area contributed by atoms with Crippen LogP contribution in [0.3, 0.4) is 0 Å². The molecule has 1 fully saturated rings. The molecule has 0 aliphatic carbocycles. The Morgan fingerprint density at radius 1 is 1.11 bits per heavy atom. The zero-order valence-electron chi connectivity index (χ0n) is 21.6. The highest BCUT2D eigenvalue weighted by atomic mass is 16.7. The van der Waals surface area contributed by atoms with Crippen LogP contribution in [0.1, 0.15) is 47.8 Å². The van der Waals surface area contributed by atoms with Gasteiger partial charge in [-0.3, -0.25) is 0 Å². The Bertz CT molecular complexity index is 1100. The van der Waals surface area contributed by atoms with Crippen molar-refractivity contribution in [3.05, 3.63) is 70.8 Å². The average Bonchev–Trinajstić information content (AvgIpc) is 2.83. The zero-order valence-corrected chi connectivity index (χ0v) is 14.6. The Morgan fingerprint density at radius 3 is 2.19 bits per heavy atom. The second-order valence-electron chi connectivity index (χ2n) is 5.80. The summed E-state index contributed by atoms with van der Waals surface area (Å²) in [6, 6.07) is 11.3. The van der Waals surface area contributed by atoms with Crippen LogP contribution in [0.4, 0.5) is 0 Å². The van der Waals surface area contributed by atoms with Gasteiger partial charge >= 0.3 is 11.9 Å². The van der Waals surface area contributed by atoms with Crippen molar-refractivity contribution in [2.75, 3.05) is 6.56 Å². The molecule has 0 bridgehead atoms. The molecule has 27 heavy (non-hydrogen) atoms. The minimum absolute atomic E-state index is 0.132. The summed E-state index contributed by atoms with van der Waals surface area (Å²) in [7, 11) is 0. The summed E-state index contributed by atoms with van der Waals surface area (Å²) in [5.41, 5.74) is 1.25. The van der Waals surface area contributed by atoms with Crippen LogP contribution in [0.25, 0.3) is 0 Å². The summed E-state index contributed by atoms with van der Waals surface area (Å²) in [5.74, 6) is -2.65. The normalized spacial score (nSPS) is 36.0. The van der Waals surface area contributed by atoms with Crippen molar-refractivity contribution >= 4 is 11.9 Å². The van der Waals surface area contributed by atoms with Gasteiger partial charge in [0.25, 0.3) is 0 Å². The largest absolute Gasteiger partial charge is 0.459 e. The molecule has 3 atom stereocenters. The smallest absolute Gasteiger partial charge is 0.338 e. The Labute approximate surface area is 167 Å². The lowest BCUT2D eigenvalue weighted by Crippen LogP contribution is -2.32. The molecule has 2 aromatic rings.